The number of carbonyl (C=O) groups is 4. The van der Waals surface area contributed by atoms with E-state index in [4.69, 9.17) is 11.1 Å². The van der Waals surface area contributed by atoms with Gasteiger partial charge in [-0.3, -0.25) is 19.8 Å². The number of aliphatic carboxylic acids is 1. The molecule has 1 aliphatic heterocycles. The van der Waals surface area contributed by atoms with E-state index < -0.39 is 45.9 Å². The van der Waals surface area contributed by atoms with Crippen molar-refractivity contribution in [3.8, 4) is 0 Å². The normalized spacial score (nSPS) is 15.9. The maximum absolute atomic E-state index is 13.2. The first kappa shape index (κ1) is 38.9. The number of carboxylic acids is 1. The summed E-state index contributed by atoms with van der Waals surface area (Å²) < 4.78 is 27.5. The van der Waals surface area contributed by atoms with Gasteiger partial charge in [-0.1, -0.05) is 36.8 Å². The lowest BCUT2D eigenvalue weighted by atomic mass is 10.0. The molecule has 1 saturated heterocycles. The highest BCUT2D eigenvalue weighted by atomic mass is 32.2. The van der Waals surface area contributed by atoms with E-state index in [1.54, 1.807) is 42.5 Å². The SMILES string of the molecule is CNCCCCCC(=O)N[C@H](CCCNC(=N)N)C(=O)Nc1ccc(C[C@H](NC(=O)C2CCCN2S(=O)(=O)c2ccccc2)C(=O)O)cc1. The van der Waals surface area contributed by atoms with Crippen molar-refractivity contribution in [3.05, 3.63) is 60.2 Å². The van der Waals surface area contributed by atoms with Gasteiger partial charge in [0.05, 0.1) is 4.90 Å². The number of nitrogens with two attached hydrogens (primary N) is 1. The Morgan fingerprint density at radius 1 is 0.959 bits per heavy atom. The van der Waals surface area contributed by atoms with Crippen molar-refractivity contribution in [2.75, 3.05) is 32.0 Å². The Morgan fingerprint density at radius 2 is 1.67 bits per heavy atom. The number of nitrogens with zero attached hydrogens (tertiary/aromatic N) is 1. The molecule has 2 aromatic rings. The van der Waals surface area contributed by atoms with Crippen molar-refractivity contribution in [1.29, 1.82) is 5.41 Å². The second-order valence-corrected chi connectivity index (χ2v) is 13.8. The maximum atomic E-state index is 13.2. The number of sulfonamides is 1. The number of rotatable bonds is 20. The highest BCUT2D eigenvalue weighted by Gasteiger charge is 2.40. The Kier molecular flexibility index (Phi) is 15.4. The van der Waals surface area contributed by atoms with Gasteiger partial charge in [-0.2, -0.15) is 4.31 Å². The van der Waals surface area contributed by atoms with Crippen LogP contribution in [0.3, 0.4) is 0 Å². The van der Waals surface area contributed by atoms with Crippen LogP contribution in [0.4, 0.5) is 5.69 Å². The smallest absolute Gasteiger partial charge is 0.326 e. The van der Waals surface area contributed by atoms with E-state index in [0.717, 1.165) is 23.7 Å². The molecular weight excluding hydrogens is 652 g/mol. The highest BCUT2D eigenvalue weighted by Crippen LogP contribution is 2.26. The number of nitrogens with one attached hydrogen (secondary N) is 6. The molecule has 3 atom stereocenters. The summed E-state index contributed by atoms with van der Waals surface area (Å²) >= 11 is 0. The summed E-state index contributed by atoms with van der Waals surface area (Å²) in [6.07, 6.45) is 4.23. The standard InChI is InChI=1S/C33H48N8O7S/c1-36-19-7-3-6-14-29(42)39-26(12-8-20-37-33(34)35)30(43)38-24-17-15-23(16-18-24)22-27(32(45)46)40-31(44)28-13-9-21-41(28)49(47,48)25-10-4-2-5-11-25/h2,4-5,10-11,15-18,26-28,36H,3,6-9,12-14,19-22H2,1H3,(H,38,43)(H,39,42)(H,40,44)(H,45,46)(H4,34,35,37)/t26-,27+,28?/m1/s1. The van der Waals surface area contributed by atoms with Gasteiger partial charge in [0, 0.05) is 31.6 Å². The van der Waals surface area contributed by atoms with Crippen molar-refractivity contribution in [1.82, 2.24) is 25.6 Å². The second kappa shape index (κ2) is 19.5. The molecular formula is C33H48N8O7S. The molecule has 1 unspecified atom stereocenters. The fourth-order valence-corrected chi connectivity index (χ4v) is 7.18. The van der Waals surface area contributed by atoms with Crippen molar-refractivity contribution in [2.24, 2.45) is 5.73 Å². The predicted molar refractivity (Wildman–Crippen MR) is 185 cm³/mol. The Morgan fingerprint density at radius 3 is 2.33 bits per heavy atom. The summed E-state index contributed by atoms with van der Waals surface area (Å²) in [4.78, 5) is 51.2. The van der Waals surface area contributed by atoms with Crippen molar-refractivity contribution in [2.45, 2.75) is 80.8 Å². The summed E-state index contributed by atoms with van der Waals surface area (Å²) in [5.74, 6) is -2.81. The molecule has 9 N–H and O–H groups in total. The van der Waals surface area contributed by atoms with Gasteiger partial charge in [0.25, 0.3) is 0 Å². The molecule has 15 nitrogen and oxygen atoms in total. The zero-order valence-electron chi connectivity index (χ0n) is 27.7. The van der Waals surface area contributed by atoms with Crippen LogP contribution in [-0.2, 0) is 35.6 Å². The van der Waals surface area contributed by atoms with Gasteiger partial charge in [0.2, 0.25) is 27.7 Å². The predicted octanol–water partition coefficient (Wildman–Crippen LogP) is 1.12. The van der Waals surface area contributed by atoms with Crippen LogP contribution in [0, 0.1) is 5.41 Å². The van der Waals surface area contributed by atoms with E-state index in [-0.39, 0.29) is 42.6 Å². The summed E-state index contributed by atoms with van der Waals surface area (Å²) in [7, 11) is -2.08. The lowest BCUT2D eigenvalue weighted by molar-refractivity contribution is -0.142. The number of guanidine groups is 1. The third kappa shape index (κ3) is 12.5. The van der Waals surface area contributed by atoms with E-state index in [9.17, 15) is 32.7 Å². The molecule has 0 bridgehead atoms. The van der Waals surface area contributed by atoms with Crippen molar-refractivity contribution >= 4 is 45.4 Å². The van der Waals surface area contributed by atoms with E-state index in [0.29, 0.717) is 43.5 Å². The monoisotopic (exact) mass is 700 g/mol. The third-order valence-corrected chi connectivity index (χ3v) is 10.0. The molecule has 0 saturated carbocycles. The summed E-state index contributed by atoms with van der Waals surface area (Å²) in [5.41, 5.74) is 6.32. The van der Waals surface area contributed by atoms with E-state index in [1.807, 2.05) is 7.05 Å². The first-order chi connectivity index (χ1) is 23.4. The molecule has 16 heteroatoms. The number of carbonyl (C=O) groups excluding carboxylic acids is 3. The van der Waals surface area contributed by atoms with Gasteiger partial charge in [-0.15, -0.1) is 0 Å². The van der Waals surface area contributed by atoms with E-state index >= 15 is 0 Å². The van der Waals surface area contributed by atoms with Gasteiger partial charge in [-0.25, -0.2) is 13.2 Å². The van der Waals surface area contributed by atoms with Crippen molar-refractivity contribution < 1.29 is 32.7 Å². The second-order valence-electron chi connectivity index (χ2n) is 11.9. The summed E-state index contributed by atoms with van der Waals surface area (Å²) in [6, 6.07) is 11.0. The number of benzene rings is 2. The number of unbranched alkanes of at least 4 members (excludes halogenated alkanes) is 2. The topological polar surface area (TPSA) is 236 Å². The largest absolute Gasteiger partial charge is 0.480 e. The third-order valence-electron chi connectivity index (χ3n) is 8.10. The van der Waals surface area contributed by atoms with Crippen LogP contribution in [0.25, 0.3) is 0 Å². The van der Waals surface area contributed by atoms with Crippen LogP contribution in [0.1, 0.15) is 56.9 Å². The van der Waals surface area contributed by atoms with Crippen LogP contribution in [0.15, 0.2) is 59.5 Å². The van der Waals surface area contributed by atoms with Crippen molar-refractivity contribution in [3.63, 3.8) is 0 Å². The average Bonchev–Trinajstić information content (AvgIpc) is 3.58. The lowest BCUT2D eigenvalue weighted by Gasteiger charge is -2.25. The minimum atomic E-state index is -3.94. The van der Waals surface area contributed by atoms with Crippen LogP contribution < -0.4 is 32.3 Å². The fraction of sp³-hybridized carbons (Fsp3) is 0.485. The molecule has 1 fully saturated rings. The first-order valence-corrected chi connectivity index (χ1v) is 17.9. The van der Waals surface area contributed by atoms with Crippen LogP contribution in [0.5, 0.6) is 0 Å². The molecule has 3 rings (SSSR count). The number of hydrogen-bond donors (Lipinski definition) is 8. The van der Waals surface area contributed by atoms with E-state index in [2.05, 4.69) is 26.6 Å². The molecule has 0 radical (unpaired) electrons. The van der Waals surface area contributed by atoms with Gasteiger partial charge in [0.1, 0.15) is 18.1 Å². The average molecular weight is 701 g/mol. The number of amides is 3. The molecule has 49 heavy (non-hydrogen) atoms. The lowest BCUT2D eigenvalue weighted by Crippen LogP contribution is -2.51. The molecule has 3 amide bonds. The minimum Gasteiger partial charge on any atom is -0.480 e. The summed E-state index contributed by atoms with van der Waals surface area (Å²) in [6.45, 7) is 1.37. The minimum absolute atomic E-state index is 0.0612. The molecule has 1 heterocycles. The van der Waals surface area contributed by atoms with Gasteiger partial charge >= 0.3 is 5.97 Å². The number of carboxylic acid groups (broad SMARTS) is 1. The van der Waals surface area contributed by atoms with E-state index in [1.165, 1.54) is 12.1 Å². The zero-order chi connectivity index (χ0) is 35.8. The Balaban J connectivity index is 1.60. The van der Waals surface area contributed by atoms with Crippen LogP contribution >= 0.6 is 0 Å². The van der Waals surface area contributed by atoms with Gasteiger partial charge in [0.15, 0.2) is 5.96 Å². The first-order valence-electron chi connectivity index (χ1n) is 16.4. The quantitative estimate of drug-likeness (QED) is 0.0557. The molecule has 2 aromatic carbocycles. The zero-order valence-corrected chi connectivity index (χ0v) is 28.6. The molecule has 0 aromatic heterocycles. The van der Waals surface area contributed by atoms with Crippen LogP contribution in [-0.4, -0.2) is 92.3 Å². The Labute approximate surface area is 287 Å². The van der Waals surface area contributed by atoms with Gasteiger partial charge in [-0.05, 0) is 81.9 Å². The Bertz CT molecular complexity index is 1520. The molecule has 0 spiro atoms. The summed E-state index contributed by atoms with van der Waals surface area (Å²) in [5, 5.41) is 31.0. The molecule has 0 aliphatic carbocycles. The maximum Gasteiger partial charge on any atom is 0.326 e. The fourth-order valence-electron chi connectivity index (χ4n) is 5.50. The van der Waals surface area contributed by atoms with Crippen LogP contribution in [0.2, 0.25) is 0 Å². The van der Waals surface area contributed by atoms with Gasteiger partial charge < -0.3 is 37.4 Å². The molecule has 1 aliphatic rings. The highest BCUT2D eigenvalue weighted by molar-refractivity contribution is 7.89. The number of anilines is 1. The molecule has 268 valence electrons. The Hall–Kier alpha value is -4.54. The number of hydrogen-bond acceptors (Lipinski definition) is 8.